The van der Waals surface area contributed by atoms with E-state index in [1.165, 1.54) is 11.4 Å². The minimum atomic E-state index is -4.07. The number of aryl methyl sites for hydroxylation is 1. The molecule has 0 atom stereocenters. The second-order valence-corrected chi connectivity index (χ2v) is 12.4. The van der Waals surface area contributed by atoms with E-state index in [-0.39, 0.29) is 21.4 Å². The van der Waals surface area contributed by atoms with Crippen molar-refractivity contribution >= 4 is 44.6 Å². The maximum Gasteiger partial charge on any atom is 0.347 e. The second kappa shape index (κ2) is 13.0. The average molecular weight is 629 g/mol. The van der Waals surface area contributed by atoms with Gasteiger partial charge >= 0.3 is 5.97 Å². The number of carbonyl (C=O) groups excluding carboxylic acids is 1. The van der Waals surface area contributed by atoms with Gasteiger partial charge in [-0.2, -0.15) is 0 Å². The van der Waals surface area contributed by atoms with Gasteiger partial charge in [-0.05, 0) is 95.2 Å². The number of benzene rings is 4. The fourth-order valence-electron chi connectivity index (χ4n) is 4.50. The molecule has 0 aliphatic heterocycles. The highest BCUT2D eigenvalue weighted by molar-refractivity contribution is 7.93. The Bertz CT molecular complexity index is 1920. The summed E-state index contributed by atoms with van der Waals surface area (Å²) in [6, 6.07) is 27.5. The van der Waals surface area contributed by atoms with Crippen molar-refractivity contribution in [1.82, 2.24) is 0 Å². The van der Waals surface area contributed by atoms with Gasteiger partial charge in [0.25, 0.3) is 15.9 Å². The predicted octanol–water partition coefficient (Wildman–Crippen LogP) is 6.80. The number of aromatic carboxylic acids is 1. The van der Waals surface area contributed by atoms with Gasteiger partial charge in [0.15, 0.2) is 0 Å². The highest BCUT2D eigenvalue weighted by Gasteiger charge is 2.24. The van der Waals surface area contributed by atoms with Crippen LogP contribution in [0.2, 0.25) is 0 Å². The van der Waals surface area contributed by atoms with E-state index < -0.39 is 16.0 Å². The van der Waals surface area contributed by atoms with Crippen LogP contribution in [0.5, 0.6) is 11.5 Å². The molecule has 0 radical (unpaired) electrons. The van der Waals surface area contributed by atoms with Crippen molar-refractivity contribution in [2.24, 2.45) is 0 Å². The van der Waals surface area contributed by atoms with E-state index in [0.29, 0.717) is 35.7 Å². The number of aromatic hydroxyl groups is 1. The number of thiophene rings is 1. The molecule has 0 unspecified atom stereocenters. The third-order valence-electron chi connectivity index (χ3n) is 6.72. The van der Waals surface area contributed by atoms with E-state index in [1.54, 1.807) is 54.6 Å². The second-order valence-electron chi connectivity index (χ2n) is 9.88. The fraction of sp³-hybridized carbons (Fsp3) is 0.0909. The summed E-state index contributed by atoms with van der Waals surface area (Å²) in [6.45, 7) is 2.20. The lowest BCUT2D eigenvalue weighted by atomic mass is 10.0. The van der Waals surface area contributed by atoms with Gasteiger partial charge in [0.2, 0.25) is 0 Å². The van der Waals surface area contributed by atoms with Gasteiger partial charge in [-0.15, -0.1) is 11.3 Å². The molecule has 1 aromatic heterocycles. The Hall–Kier alpha value is -5.13. The van der Waals surface area contributed by atoms with E-state index in [9.17, 15) is 28.2 Å². The molecule has 9 nitrogen and oxygen atoms in total. The minimum Gasteiger partial charge on any atom is -0.508 e. The van der Waals surface area contributed by atoms with Crippen molar-refractivity contribution in [2.75, 3.05) is 16.6 Å². The Balaban J connectivity index is 1.15. The lowest BCUT2D eigenvalue weighted by Gasteiger charge is -2.13. The maximum absolute atomic E-state index is 12.8. The molecular formula is C33H28N2O7S2. The van der Waals surface area contributed by atoms with Gasteiger partial charge in [-0.3, -0.25) is 9.52 Å². The molecule has 0 bridgehead atoms. The number of ether oxygens (including phenoxy) is 1. The Morgan fingerprint density at radius 2 is 1.57 bits per heavy atom. The number of amides is 1. The first-order valence-corrected chi connectivity index (χ1v) is 15.8. The Morgan fingerprint density at radius 1 is 0.864 bits per heavy atom. The molecule has 44 heavy (non-hydrogen) atoms. The van der Waals surface area contributed by atoms with Gasteiger partial charge in [0, 0.05) is 23.4 Å². The molecule has 0 saturated heterocycles. The van der Waals surface area contributed by atoms with Crippen LogP contribution in [0.4, 0.5) is 11.4 Å². The van der Waals surface area contributed by atoms with Gasteiger partial charge in [-0.1, -0.05) is 36.4 Å². The van der Waals surface area contributed by atoms with Crippen LogP contribution in [-0.4, -0.2) is 37.1 Å². The summed E-state index contributed by atoms with van der Waals surface area (Å²) in [6.07, 6.45) is 0.493. The molecule has 11 heteroatoms. The normalized spacial score (nSPS) is 11.1. The number of carboxylic acids is 1. The summed E-state index contributed by atoms with van der Waals surface area (Å²) < 4.78 is 33.9. The number of hydrogen-bond donors (Lipinski definition) is 4. The van der Waals surface area contributed by atoms with E-state index in [1.807, 2.05) is 43.3 Å². The molecule has 0 saturated carbocycles. The zero-order valence-electron chi connectivity index (χ0n) is 23.5. The third-order valence-corrected chi connectivity index (χ3v) is 9.18. The average Bonchev–Trinajstić information content (AvgIpc) is 3.51. The molecule has 4 N–H and O–H groups in total. The van der Waals surface area contributed by atoms with Crippen molar-refractivity contribution in [3.8, 4) is 22.6 Å². The zero-order valence-corrected chi connectivity index (χ0v) is 25.1. The maximum atomic E-state index is 12.8. The number of sulfonamides is 1. The van der Waals surface area contributed by atoms with Gasteiger partial charge in [-0.25, -0.2) is 13.2 Å². The third kappa shape index (κ3) is 7.25. The van der Waals surface area contributed by atoms with Crippen LogP contribution >= 0.6 is 11.3 Å². The number of carboxylic acid groups (broad SMARTS) is 1. The van der Waals surface area contributed by atoms with E-state index in [4.69, 9.17) is 4.74 Å². The van der Waals surface area contributed by atoms with Crippen LogP contribution in [0.25, 0.3) is 11.1 Å². The molecule has 1 amide bonds. The van der Waals surface area contributed by atoms with Gasteiger partial charge < -0.3 is 20.3 Å². The summed E-state index contributed by atoms with van der Waals surface area (Å²) in [5.41, 5.74) is 4.97. The largest absolute Gasteiger partial charge is 0.508 e. The first-order valence-electron chi connectivity index (χ1n) is 13.5. The number of phenols is 1. The minimum absolute atomic E-state index is 0.194. The van der Waals surface area contributed by atoms with Crippen molar-refractivity contribution in [3.05, 3.63) is 124 Å². The van der Waals surface area contributed by atoms with Crippen LogP contribution < -0.4 is 14.8 Å². The van der Waals surface area contributed by atoms with Crippen LogP contribution in [0.15, 0.2) is 107 Å². The number of hydrogen-bond acceptors (Lipinski definition) is 7. The number of rotatable bonds is 11. The van der Waals surface area contributed by atoms with Crippen molar-refractivity contribution in [2.45, 2.75) is 18.2 Å². The van der Waals surface area contributed by atoms with Crippen molar-refractivity contribution in [3.63, 3.8) is 0 Å². The number of nitrogens with one attached hydrogen (secondary N) is 2. The van der Waals surface area contributed by atoms with Crippen molar-refractivity contribution < 1.29 is 33.0 Å². The lowest BCUT2D eigenvalue weighted by molar-refractivity contribution is 0.0698. The van der Waals surface area contributed by atoms with Crippen LogP contribution in [0, 0.1) is 6.92 Å². The Morgan fingerprint density at radius 3 is 2.25 bits per heavy atom. The molecule has 0 aliphatic rings. The van der Waals surface area contributed by atoms with Crippen molar-refractivity contribution in [1.29, 1.82) is 0 Å². The standard InChI is InChI=1S/C33H28N2O7S2/c1-21-19-26(34-32(37)25-7-5-23(6-8-25)24-9-12-28(36)13-10-24)11-14-29(21)42-17-15-22-3-2-4-27(20-22)35-44(40,41)30-16-18-43-31(30)33(38)39/h2-14,16,18-20,35-36H,15,17H2,1H3,(H,34,37)(H,38,39). The molecule has 224 valence electrons. The monoisotopic (exact) mass is 628 g/mol. The van der Waals surface area contributed by atoms with Crippen LogP contribution in [0.1, 0.15) is 31.2 Å². The van der Waals surface area contributed by atoms with Gasteiger partial charge in [0.05, 0.1) is 6.61 Å². The Labute approximate surface area is 258 Å². The lowest BCUT2D eigenvalue weighted by Crippen LogP contribution is -2.15. The Kier molecular flexibility index (Phi) is 8.98. The summed E-state index contributed by atoms with van der Waals surface area (Å²) in [7, 11) is -4.07. The number of anilines is 2. The van der Waals surface area contributed by atoms with Crippen LogP contribution in [-0.2, 0) is 16.4 Å². The number of carbonyl (C=O) groups is 2. The highest BCUT2D eigenvalue weighted by atomic mass is 32.2. The first kappa shape index (κ1) is 30.3. The quantitative estimate of drug-likeness (QED) is 0.126. The highest BCUT2D eigenvalue weighted by Crippen LogP contribution is 2.27. The molecule has 5 aromatic rings. The summed E-state index contributed by atoms with van der Waals surface area (Å²) in [5, 5.41) is 23.1. The first-order chi connectivity index (χ1) is 21.1. The smallest absolute Gasteiger partial charge is 0.347 e. The van der Waals surface area contributed by atoms with Gasteiger partial charge in [0.1, 0.15) is 21.3 Å². The summed E-state index contributed by atoms with van der Waals surface area (Å²) >= 11 is 0.849. The van der Waals surface area contributed by atoms with E-state index in [2.05, 4.69) is 10.0 Å². The molecule has 0 fully saturated rings. The molecule has 4 aromatic carbocycles. The van der Waals surface area contributed by atoms with E-state index in [0.717, 1.165) is 33.6 Å². The number of phenolic OH excluding ortho intramolecular Hbond substituents is 1. The molecule has 1 heterocycles. The topological polar surface area (TPSA) is 142 Å². The summed E-state index contributed by atoms with van der Waals surface area (Å²) in [4.78, 5) is 23.7. The predicted molar refractivity (Wildman–Crippen MR) is 170 cm³/mol. The molecule has 0 aliphatic carbocycles. The SMILES string of the molecule is Cc1cc(NC(=O)c2ccc(-c3ccc(O)cc3)cc2)ccc1OCCc1cccc(NS(=O)(=O)c2ccsc2C(=O)O)c1. The molecular weight excluding hydrogens is 601 g/mol. The van der Waals surface area contributed by atoms with Crippen LogP contribution in [0.3, 0.4) is 0 Å². The molecule has 5 rings (SSSR count). The zero-order chi connectivity index (χ0) is 31.3. The van der Waals surface area contributed by atoms with E-state index >= 15 is 0 Å². The summed E-state index contributed by atoms with van der Waals surface area (Å²) in [5.74, 6) is -0.699. The molecule has 0 spiro atoms. The fourth-order valence-corrected chi connectivity index (χ4v) is 6.82.